The predicted octanol–water partition coefficient (Wildman–Crippen LogP) is 1.94. The third-order valence-electron chi connectivity index (χ3n) is 3.76. The van der Waals surface area contributed by atoms with Gasteiger partial charge in [0.1, 0.15) is 5.82 Å². The standard InChI is InChI=1S/C14H21FN2/c15-14-3-1-11(2-4-14)9-13(10-16)12-5-7-17-8-6-12/h1-4,12-13,17H,5-10,16H2. The number of hydrogen-bond acceptors (Lipinski definition) is 2. The van der Waals surface area contributed by atoms with Crippen molar-refractivity contribution in [2.45, 2.75) is 19.3 Å². The summed E-state index contributed by atoms with van der Waals surface area (Å²) in [6, 6.07) is 6.81. The van der Waals surface area contributed by atoms with Crippen molar-refractivity contribution < 1.29 is 4.39 Å². The van der Waals surface area contributed by atoms with Gasteiger partial charge in [0.2, 0.25) is 0 Å². The summed E-state index contributed by atoms with van der Waals surface area (Å²) in [6.07, 6.45) is 3.40. The smallest absolute Gasteiger partial charge is 0.123 e. The third kappa shape index (κ3) is 3.51. The van der Waals surface area contributed by atoms with Gasteiger partial charge in [0.05, 0.1) is 0 Å². The van der Waals surface area contributed by atoms with Gasteiger partial charge in [-0.3, -0.25) is 0 Å². The van der Waals surface area contributed by atoms with E-state index in [0.29, 0.717) is 11.8 Å². The van der Waals surface area contributed by atoms with E-state index < -0.39 is 0 Å². The fraction of sp³-hybridized carbons (Fsp3) is 0.571. The van der Waals surface area contributed by atoms with Gasteiger partial charge in [-0.1, -0.05) is 12.1 Å². The minimum absolute atomic E-state index is 0.167. The molecule has 2 rings (SSSR count). The largest absolute Gasteiger partial charge is 0.330 e. The molecular formula is C14H21FN2. The summed E-state index contributed by atoms with van der Waals surface area (Å²) in [5.74, 6) is 1.08. The molecule has 1 aliphatic heterocycles. The molecule has 94 valence electrons. The summed E-state index contributed by atoms with van der Waals surface area (Å²) < 4.78 is 12.8. The van der Waals surface area contributed by atoms with Crippen LogP contribution in [0.1, 0.15) is 18.4 Å². The number of nitrogens with one attached hydrogen (secondary N) is 1. The molecule has 0 spiro atoms. The first-order valence-corrected chi connectivity index (χ1v) is 6.45. The van der Waals surface area contributed by atoms with Gasteiger partial charge in [-0.2, -0.15) is 0 Å². The first kappa shape index (κ1) is 12.5. The molecule has 2 nitrogen and oxygen atoms in total. The molecule has 1 aliphatic rings. The highest BCUT2D eigenvalue weighted by molar-refractivity contribution is 5.16. The minimum atomic E-state index is -0.167. The van der Waals surface area contributed by atoms with E-state index in [1.165, 1.54) is 30.5 Å². The highest BCUT2D eigenvalue weighted by Crippen LogP contribution is 2.24. The van der Waals surface area contributed by atoms with E-state index in [9.17, 15) is 4.39 Å². The van der Waals surface area contributed by atoms with Crippen LogP contribution in [0, 0.1) is 17.7 Å². The highest BCUT2D eigenvalue weighted by Gasteiger charge is 2.22. The Balaban J connectivity index is 1.96. The van der Waals surface area contributed by atoms with E-state index >= 15 is 0 Å². The molecule has 1 fully saturated rings. The lowest BCUT2D eigenvalue weighted by Gasteiger charge is -2.30. The molecule has 1 aromatic carbocycles. The van der Waals surface area contributed by atoms with Crippen LogP contribution in [0.25, 0.3) is 0 Å². The number of halogens is 1. The molecule has 17 heavy (non-hydrogen) atoms. The topological polar surface area (TPSA) is 38.0 Å². The van der Waals surface area contributed by atoms with E-state index in [2.05, 4.69) is 5.32 Å². The Morgan fingerprint density at radius 2 is 1.88 bits per heavy atom. The maximum absolute atomic E-state index is 12.8. The van der Waals surface area contributed by atoms with Gasteiger partial charge >= 0.3 is 0 Å². The van der Waals surface area contributed by atoms with E-state index in [0.717, 1.165) is 26.1 Å². The van der Waals surface area contributed by atoms with Gasteiger partial charge in [0, 0.05) is 0 Å². The van der Waals surface area contributed by atoms with Crippen LogP contribution < -0.4 is 11.1 Å². The van der Waals surface area contributed by atoms with Crippen molar-refractivity contribution in [2.24, 2.45) is 17.6 Å². The second-order valence-corrected chi connectivity index (χ2v) is 4.91. The molecule has 0 amide bonds. The van der Waals surface area contributed by atoms with Crippen LogP contribution in [0.15, 0.2) is 24.3 Å². The first-order chi connectivity index (χ1) is 8.29. The van der Waals surface area contributed by atoms with Crippen LogP contribution in [0.5, 0.6) is 0 Å². The summed E-state index contributed by atoms with van der Waals surface area (Å²) in [5, 5.41) is 3.37. The fourth-order valence-electron chi connectivity index (χ4n) is 2.68. The van der Waals surface area contributed by atoms with Crippen molar-refractivity contribution in [2.75, 3.05) is 19.6 Å². The molecule has 0 bridgehead atoms. The molecule has 1 aromatic rings. The molecule has 1 unspecified atom stereocenters. The average molecular weight is 236 g/mol. The highest BCUT2D eigenvalue weighted by atomic mass is 19.1. The van der Waals surface area contributed by atoms with Crippen LogP contribution in [-0.4, -0.2) is 19.6 Å². The van der Waals surface area contributed by atoms with E-state index in [1.807, 2.05) is 12.1 Å². The van der Waals surface area contributed by atoms with Crippen LogP contribution >= 0.6 is 0 Å². The Bertz CT molecular complexity index is 331. The fourth-order valence-corrected chi connectivity index (χ4v) is 2.68. The van der Waals surface area contributed by atoms with Gasteiger partial charge in [0.25, 0.3) is 0 Å². The molecule has 0 aliphatic carbocycles. The summed E-state index contributed by atoms with van der Waals surface area (Å²) >= 11 is 0. The molecule has 3 N–H and O–H groups in total. The number of hydrogen-bond donors (Lipinski definition) is 2. The van der Waals surface area contributed by atoms with Crippen molar-refractivity contribution in [3.63, 3.8) is 0 Å². The first-order valence-electron chi connectivity index (χ1n) is 6.45. The van der Waals surface area contributed by atoms with E-state index in [1.54, 1.807) is 0 Å². The van der Waals surface area contributed by atoms with Gasteiger partial charge in [-0.25, -0.2) is 4.39 Å². The summed E-state index contributed by atoms with van der Waals surface area (Å²) in [6.45, 7) is 2.93. The second-order valence-electron chi connectivity index (χ2n) is 4.91. The van der Waals surface area contributed by atoms with Gasteiger partial charge in [-0.15, -0.1) is 0 Å². The SMILES string of the molecule is NCC(Cc1ccc(F)cc1)C1CCNCC1. The van der Waals surface area contributed by atoms with E-state index in [-0.39, 0.29) is 5.82 Å². The van der Waals surface area contributed by atoms with Crippen molar-refractivity contribution in [3.8, 4) is 0 Å². The molecule has 1 heterocycles. The van der Waals surface area contributed by atoms with Gasteiger partial charge < -0.3 is 11.1 Å². The Kier molecular flexibility index (Phi) is 4.51. The van der Waals surface area contributed by atoms with Gasteiger partial charge in [-0.05, 0) is 68.4 Å². The maximum Gasteiger partial charge on any atom is 0.123 e. The summed E-state index contributed by atoms with van der Waals surface area (Å²) in [4.78, 5) is 0. The van der Waals surface area contributed by atoms with Crippen molar-refractivity contribution in [1.82, 2.24) is 5.32 Å². The van der Waals surface area contributed by atoms with E-state index in [4.69, 9.17) is 5.73 Å². The maximum atomic E-state index is 12.8. The van der Waals surface area contributed by atoms with Crippen molar-refractivity contribution in [3.05, 3.63) is 35.6 Å². The quantitative estimate of drug-likeness (QED) is 0.838. The molecule has 0 radical (unpaired) electrons. The second kappa shape index (κ2) is 6.12. The zero-order valence-corrected chi connectivity index (χ0v) is 10.2. The number of piperidine rings is 1. The Morgan fingerprint density at radius 1 is 1.24 bits per heavy atom. The molecular weight excluding hydrogens is 215 g/mol. The van der Waals surface area contributed by atoms with Crippen LogP contribution in [0.4, 0.5) is 4.39 Å². The predicted molar refractivity (Wildman–Crippen MR) is 68.2 cm³/mol. The molecule has 0 aromatic heterocycles. The Morgan fingerprint density at radius 3 is 2.47 bits per heavy atom. The van der Waals surface area contributed by atoms with Gasteiger partial charge in [0.15, 0.2) is 0 Å². The summed E-state index contributed by atoms with van der Waals surface area (Å²) in [5.41, 5.74) is 7.08. The molecule has 3 heteroatoms. The average Bonchev–Trinajstić information content (AvgIpc) is 2.39. The van der Waals surface area contributed by atoms with Crippen molar-refractivity contribution >= 4 is 0 Å². The molecule has 1 saturated heterocycles. The lowest BCUT2D eigenvalue weighted by atomic mass is 9.81. The molecule has 0 saturated carbocycles. The third-order valence-corrected chi connectivity index (χ3v) is 3.76. The Labute approximate surface area is 102 Å². The van der Waals surface area contributed by atoms with Crippen molar-refractivity contribution in [1.29, 1.82) is 0 Å². The number of nitrogens with two attached hydrogens (primary N) is 1. The lowest BCUT2D eigenvalue weighted by molar-refractivity contribution is 0.262. The molecule has 1 atom stereocenters. The zero-order chi connectivity index (χ0) is 12.1. The number of rotatable bonds is 4. The summed E-state index contributed by atoms with van der Waals surface area (Å²) in [7, 11) is 0. The van der Waals surface area contributed by atoms with Crippen LogP contribution in [0.2, 0.25) is 0 Å². The normalized spacial score (nSPS) is 19.2. The lowest BCUT2D eigenvalue weighted by Crippen LogP contribution is -2.35. The number of benzene rings is 1. The zero-order valence-electron chi connectivity index (χ0n) is 10.2. The minimum Gasteiger partial charge on any atom is -0.330 e. The Hall–Kier alpha value is -0.930. The van der Waals surface area contributed by atoms with Crippen LogP contribution in [0.3, 0.4) is 0 Å². The monoisotopic (exact) mass is 236 g/mol. The van der Waals surface area contributed by atoms with Crippen LogP contribution in [-0.2, 0) is 6.42 Å².